The maximum Gasteiger partial charge on any atom is 0.0640 e. The van der Waals surface area contributed by atoms with Crippen LogP contribution in [0.2, 0.25) is 0 Å². The fraction of sp³-hybridized carbons (Fsp3) is 0.824. The first-order valence-electron chi connectivity index (χ1n) is 8.45. The minimum atomic E-state index is 0.291. The van der Waals surface area contributed by atoms with Crippen molar-refractivity contribution >= 4 is 0 Å². The molecule has 3 nitrogen and oxygen atoms in total. The van der Waals surface area contributed by atoms with Gasteiger partial charge in [-0.15, -0.1) is 0 Å². The molecule has 0 aromatic carbocycles. The molecule has 112 valence electrons. The van der Waals surface area contributed by atoms with Gasteiger partial charge in [-0.05, 0) is 62.8 Å². The Kier molecular flexibility index (Phi) is 4.16. The van der Waals surface area contributed by atoms with E-state index in [0.29, 0.717) is 12.1 Å². The largest absolute Gasteiger partial charge is 0.327 e. The lowest BCUT2D eigenvalue weighted by Gasteiger charge is -2.24. The van der Waals surface area contributed by atoms with Gasteiger partial charge in [-0.25, -0.2) is 0 Å². The molecule has 2 N–H and O–H groups in total. The zero-order chi connectivity index (χ0) is 14.1. The van der Waals surface area contributed by atoms with E-state index in [1.54, 1.807) is 0 Å². The van der Waals surface area contributed by atoms with Crippen molar-refractivity contribution in [3.8, 4) is 0 Å². The summed E-state index contributed by atoms with van der Waals surface area (Å²) in [5.74, 6) is 2.92. The lowest BCUT2D eigenvalue weighted by Crippen LogP contribution is -2.28. The number of rotatable bonds is 6. The Labute approximate surface area is 122 Å². The Morgan fingerprint density at radius 1 is 1.40 bits per heavy atom. The zero-order valence-corrected chi connectivity index (χ0v) is 13.0. The zero-order valence-electron chi connectivity index (χ0n) is 13.0. The van der Waals surface area contributed by atoms with Gasteiger partial charge in [0.15, 0.2) is 0 Å². The van der Waals surface area contributed by atoms with Crippen molar-refractivity contribution in [2.45, 2.75) is 70.9 Å². The summed E-state index contributed by atoms with van der Waals surface area (Å²) in [5, 5.41) is 4.68. The van der Waals surface area contributed by atoms with Gasteiger partial charge < -0.3 is 5.73 Å². The Bertz CT molecular complexity index is 439. The fourth-order valence-corrected chi connectivity index (χ4v) is 4.32. The Balaban J connectivity index is 1.51. The molecule has 2 fully saturated rings. The van der Waals surface area contributed by atoms with Gasteiger partial charge in [0.1, 0.15) is 0 Å². The number of aromatic nitrogens is 2. The monoisotopic (exact) mass is 275 g/mol. The molecule has 3 heteroatoms. The predicted octanol–water partition coefficient (Wildman–Crippen LogP) is 3.55. The molecular weight excluding hydrogens is 246 g/mol. The lowest BCUT2D eigenvalue weighted by molar-refractivity contribution is 0.293. The van der Waals surface area contributed by atoms with Crippen LogP contribution in [-0.4, -0.2) is 15.8 Å². The molecule has 0 radical (unpaired) electrons. The molecule has 3 rings (SSSR count). The van der Waals surface area contributed by atoms with E-state index < -0.39 is 0 Å². The average Bonchev–Trinajstić information content (AvgIpc) is 3.13. The van der Waals surface area contributed by atoms with Crippen LogP contribution in [0.1, 0.15) is 64.1 Å². The van der Waals surface area contributed by atoms with Crippen LogP contribution in [0.25, 0.3) is 0 Å². The maximum atomic E-state index is 6.39. The molecule has 2 aliphatic rings. The summed E-state index contributed by atoms with van der Waals surface area (Å²) in [7, 11) is 0. The second-order valence-corrected chi connectivity index (χ2v) is 7.18. The van der Waals surface area contributed by atoms with Gasteiger partial charge in [-0.3, -0.25) is 4.68 Å². The molecule has 2 saturated carbocycles. The highest BCUT2D eigenvalue weighted by Gasteiger charge is 2.39. The molecule has 1 heterocycles. The van der Waals surface area contributed by atoms with E-state index >= 15 is 0 Å². The van der Waals surface area contributed by atoms with E-state index in [2.05, 4.69) is 35.9 Å². The van der Waals surface area contributed by atoms with E-state index in [0.717, 1.165) is 30.6 Å². The van der Waals surface area contributed by atoms with Crippen LogP contribution in [-0.2, 0) is 6.42 Å². The molecule has 5 atom stereocenters. The van der Waals surface area contributed by atoms with Gasteiger partial charge in [0.2, 0.25) is 0 Å². The van der Waals surface area contributed by atoms with Crippen LogP contribution in [0, 0.1) is 17.8 Å². The van der Waals surface area contributed by atoms with Crippen molar-refractivity contribution in [1.29, 1.82) is 0 Å². The molecule has 2 aliphatic carbocycles. The third kappa shape index (κ3) is 2.93. The van der Waals surface area contributed by atoms with Crippen molar-refractivity contribution in [2.24, 2.45) is 23.5 Å². The highest BCUT2D eigenvalue weighted by atomic mass is 15.3. The van der Waals surface area contributed by atoms with Crippen LogP contribution in [0.5, 0.6) is 0 Å². The number of hydrogen-bond acceptors (Lipinski definition) is 2. The van der Waals surface area contributed by atoms with Crippen molar-refractivity contribution < 1.29 is 0 Å². The minimum absolute atomic E-state index is 0.291. The predicted molar refractivity (Wildman–Crippen MR) is 82.5 cm³/mol. The highest BCUT2D eigenvalue weighted by Crippen LogP contribution is 2.49. The van der Waals surface area contributed by atoms with Crippen LogP contribution < -0.4 is 5.73 Å². The number of nitrogens with zero attached hydrogens (tertiary/aromatic N) is 2. The van der Waals surface area contributed by atoms with Crippen LogP contribution in [0.3, 0.4) is 0 Å². The summed E-state index contributed by atoms with van der Waals surface area (Å²) in [6.45, 7) is 4.42. The van der Waals surface area contributed by atoms with Gasteiger partial charge in [0.25, 0.3) is 0 Å². The third-order valence-electron chi connectivity index (χ3n) is 5.67. The Morgan fingerprint density at radius 2 is 2.25 bits per heavy atom. The SMILES string of the molecule is CCC(C)n1ccc(CC(N)CC2CC3CCC2C3)n1. The quantitative estimate of drug-likeness (QED) is 0.863. The maximum absolute atomic E-state index is 6.39. The number of hydrogen-bond donors (Lipinski definition) is 1. The summed E-state index contributed by atoms with van der Waals surface area (Å²) >= 11 is 0. The number of fused-ring (bicyclic) bond motifs is 2. The fourth-order valence-electron chi connectivity index (χ4n) is 4.32. The van der Waals surface area contributed by atoms with Gasteiger partial charge in [-0.1, -0.05) is 13.3 Å². The van der Waals surface area contributed by atoms with Crippen molar-refractivity contribution in [2.75, 3.05) is 0 Å². The minimum Gasteiger partial charge on any atom is -0.327 e. The summed E-state index contributed by atoms with van der Waals surface area (Å²) in [5.41, 5.74) is 7.55. The first kappa shape index (κ1) is 14.1. The smallest absolute Gasteiger partial charge is 0.0640 e. The van der Waals surface area contributed by atoms with Gasteiger partial charge in [0.05, 0.1) is 5.69 Å². The van der Waals surface area contributed by atoms with Gasteiger partial charge >= 0.3 is 0 Å². The summed E-state index contributed by atoms with van der Waals surface area (Å²) in [6.07, 6.45) is 11.3. The van der Waals surface area contributed by atoms with E-state index in [-0.39, 0.29) is 0 Å². The molecule has 0 aliphatic heterocycles. The van der Waals surface area contributed by atoms with Crippen LogP contribution in [0.4, 0.5) is 0 Å². The van der Waals surface area contributed by atoms with E-state index in [1.165, 1.54) is 37.8 Å². The molecule has 0 spiro atoms. The third-order valence-corrected chi connectivity index (χ3v) is 5.67. The van der Waals surface area contributed by atoms with Crippen molar-refractivity contribution in [3.05, 3.63) is 18.0 Å². The van der Waals surface area contributed by atoms with Crippen LogP contribution in [0.15, 0.2) is 12.3 Å². The molecule has 1 aromatic rings. The Hall–Kier alpha value is -0.830. The van der Waals surface area contributed by atoms with Gasteiger partial charge in [-0.2, -0.15) is 5.10 Å². The second kappa shape index (κ2) is 5.88. The molecule has 1 aromatic heterocycles. The molecule has 0 saturated heterocycles. The average molecular weight is 275 g/mol. The molecular formula is C17H29N3. The second-order valence-electron chi connectivity index (χ2n) is 7.18. The molecule has 20 heavy (non-hydrogen) atoms. The van der Waals surface area contributed by atoms with Crippen LogP contribution >= 0.6 is 0 Å². The summed E-state index contributed by atoms with van der Waals surface area (Å²) in [4.78, 5) is 0. The van der Waals surface area contributed by atoms with E-state index in [4.69, 9.17) is 5.73 Å². The topological polar surface area (TPSA) is 43.8 Å². The molecule has 2 bridgehead atoms. The first-order valence-corrected chi connectivity index (χ1v) is 8.45. The highest BCUT2D eigenvalue weighted by molar-refractivity contribution is 5.02. The van der Waals surface area contributed by atoms with E-state index in [9.17, 15) is 0 Å². The van der Waals surface area contributed by atoms with E-state index in [1.807, 2.05) is 0 Å². The first-order chi connectivity index (χ1) is 9.65. The van der Waals surface area contributed by atoms with Gasteiger partial charge in [0, 0.05) is 24.7 Å². The molecule has 5 unspecified atom stereocenters. The van der Waals surface area contributed by atoms with Crippen molar-refractivity contribution in [1.82, 2.24) is 9.78 Å². The standard InChI is InChI=1S/C17H29N3/c1-3-12(2)20-7-6-17(19-20)11-16(18)10-15-9-13-4-5-14(15)8-13/h6-7,12-16H,3-5,8-11,18H2,1-2H3. The normalized spacial score (nSPS) is 31.6. The lowest BCUT2D eigenvalue weighted by atomic mass is 9.83. The number of nitrogens with two attached hydrogens (primary N) is 1. The summed E-state index contributed by atoms with van der Waals surface area (Å²) < 4.78 is 2.08. The Morgan fingerprint density at radius 3 is 2.90 bits per heavy atom. The van der Waals surface area contributed by atoms with Crippen molar-refractivity contribution in [3.63, 3.8) is 0 Å². The molecule has 0 amide bonds. The summed E-state index contributed by atoms with van der Waals surface area (Å²) in [6, 6.07) is 2.93.